The number of carbonyl (C=O) groups excluding carboxylic acids is 1. The van der Waals surface area contributed by atoms with E-state index in [1.165, 1.54) is 0 Å². The summed E-state index contributed by atoms with van der Waals surface area (Å²) in [5.74, 6) is 0. The maximum atomic E-state index is 13.0. The SMILES string of the molecule is C[C@@H](CO)N1CN(Cc2ccccc2)C(=O)N(Cc2ccccc2)C1. The van der Waals surface area contributed by atoms with Gasteiger partial charge >= 0.3 is 6.03 Å². The van der Waals surface area contributed by atoms with Gasteiger partial charge in [-0.15, -0.1) is 0 Å². The molecule has 0 spiro atoms. The summed E-state index contributed by atoms with van der Waals surface area (Å²) in [6, 6.07) is 20.1. The second-order valence-electron chi connectivity index (χ2n) is 6.55. The predicted octanol–water partition coefficient (Wildman–Crippen LogP) is 2.72. The van der Waals surface area contributed by atoms with Crippen molar-refractivity contribution in [2.45, 2.75) is 26.1 Å². The summed E-state index contributed by atoms with van der Waals surface area (Å²) >= 11 is 0. The van der Waals surface area contributed by atoms with Gasteiger partial charge in [0.2, 0.25) is 0 Å². The van der Waals surface area contributed by atoms with E-state index in [1.54, 1.807) is 0 Å². The monoisotopic (exact) mass is 339 g/mol. The number of nitrogens with zero attached hydrogens (tertiary/aromatic N) is 3. The van der Waals surface area contributed by atoms with Crippen LogP contribution in [0.1, 0.15) is 18.1 Å². The minimum atomic E-state index is 0.00430. The molecule has 0 aliphatic carbocycles. The smallest absolute Gasteiger partial charge is 0.322 e. The van der Waals surface area contributed by atoms with Gasteiger partial charge < -0.3 is 14.9 Å². The number of aliphatic hydroxyl groups is 1. The van der Waals surface area contributed by atoms with Crippen molar-refractivity contribution in [3.8, 4) is 0 Å². The van der Waals surface area contributed by atoms with Crippen molar-refractivity contribution in [1.82, 2.24) is 14.7 Å². The van der Waals surface area contributed by atoms with Gasteiger partial charge in [0.1, 0.15) is 0 Å². The first-order valence-electron chi connectivity index (χ1n) is 8.64. The molecule has 1 aliphatic heterocycles. The zero-order chi connectivity index (χ0) is 17.6. The molecule has 1 N–H and O–H groups in total. The molecule has 1 saturated heterocycles. The Bertz CT molecular complexity index is 624. The molecule has 1 heterocycles. The normalized spacial score (nSPS) is 17.0. The van der Waals surface area contributed by atoms with Crippen molar-refractivity contribution >= 4 is 6.03 Å². The van der Waals surface area contributed by atoms with E-state index in [1.807, 2.05) is 77.4 Å². The number of hydrogen-bond donors (Lipinski definition) is 1. The van der Waals surface area contributed by atoms with Gasteiger partial charge in [0.25, 0.3) is 0 Å². The quantitative estimate of drug-likeness (QED) is 0.880. The van der Waals surface area contributed by atoms with Crippen molar-refractivity contribution < 1.29 is 9.90 Å². The van der Waals surface area contributed by atoms with E-state index in [0.717, 1.165) is 11.1 Å². The highest BCUT2D eigenvalue weighted by Gasteiger charge is 2.32. The molecule has 2 aromatic carbocycles. The second kappa shape index (κ2) is 8.14. The van der Waals surface area contributed by atoms with Crippen LogP contribution in [0, 0.1) is 0 Å². The average molecular weight is 339 g/mol. The van der Waals surface area contributed by atoms with Crippen molar-refractivity contribution in [3.05, 3.63) is 71.8 Å². The number of urea groups is 1. The lowest BCUT2D eigenvalue weighted by Gasteiger charge is -2.44. The third kappa shape index (κ3) is 4.38. The molecule has 25 heavy (non-hydrogen) atoms. The Balaban J connectivity index is 1.77. The van der Waals surface area contributed by atoms with E-state index in [-0.39, 0.29) is 18.7 Å². The van der Waals surface area contributed by atoms with Crippen LogP contribution in [0.15, 0.2) is 60.7 Å². The molecule has 0 saturated carbocycles. The number of aliphatic hydroxyl groups excluding tert-OH is 1. The summed E-state index contributed by atoms with van der Waals surface area (Å²) in [5.41, 5.74) is 2.21. The summed E-state index contributed by atoms with van der Waals surface area (Å²) < 4.78 is 0. The zero-order valence-electron chi connectivity index (χ0n) is 14.6. The van der Waals surface area contributed by atoms with Gasteiger partial charge in [-0.05, 0) is 18.1 Å². The highest BCUT2D eigenvalue weighted by molar-refractivity contribution is 5.75. The fourth-order valence-corrected chi connectivity index (χ4v) is 3.04. The highest BCUT2D eigenvalue weighted by atomic mass is 16.3. The van der Waals surface area contributed by atoms with E-state index < -0.39 is 0 Å². The van der Waals surface area contributed by atoms with Crippen molar-refractivity contribution in [3.63, 3.8) is 0 Å². The molecule has 1 atom stereocenters. The van der Waals surface area contributed by atoms with E-state index in [0.29, 0.717) is 26.4 Å². The maximum Gasteiger partial charge on any atom is 0.322 e. The van der Waals surface area contributed by atoms with Crippen molar-refractivity contribution in [2.75, 3.05) is 19.9 Å². The maximum absolute atomic E-state index is 13.0. The van der Waals surface area contributed by atoms with Crippen LogP contribution >= 0.6 is 0 Å². The first-order chi connectivity index (χ1) is 12.2. The lowest BCUT2D eigenvalue weighted by molar-refractivity contribution is -0.00665. The number of rotatable bonds is 6. The molecule has 2 aromatic rings. The van der Waals surface area contributed by atoms with Crippen LogP contribution in [0.4, 0.5) is 4.79 Å². The molecule has 3 rings (SSSR count). The summed E-state index contributed by atoms with van der Waals surface area (Å²) in [4.78, 5) is 18.8. The molecule has 2 amide bonds. The first-order valence-corrected chi connectivity index (χ1v) is 8.64. The summed E-state index contributed by atoms with van der Waals surface area (Å²) in [6.07, 6.45) is 0. The van der Waals surface area contributed by atoms with Crippen LogP contribution < -0.4 is 0 Å². The Kier molecular flexibility index (Phi) is 5.68. The Hall–Kier alpha value is -2.37. The lowest BCUT2D eigenvalue weighted by Crippen LogP contribution is -2.59. The van der Waals surface area contributed by atoms with Gasteiger partial charge in [-0.3, -0.25) is 4.90 Å². The standard InChI is InChI=1S/C20H25N3O2/c1-17(14-24)23-15-21(12-18-8-4-2-5-9-18)20(25)22(16-23)13-19-10-6-3-7-11-19/h2-11,17,24H,12-16H2,1H3/t17-/m0/s1. The molecular formula is C20H25N3O2. The fraction of sp³-hybridized carbons (Fsp3) is 0.350. The first kappa shape index (κ1) is 17.5. The molecule has 0 radical (unpaired) electrons. The summed E-state index contributed by atoms with van der Waals surface area (Å²) in [6.45, 7) is 4.25. The van der Waals surface area contributed by atoms with Crippen LogP contribution in [0.5, 0.6) is 0 Å². The second-order valence-corrected chi connectivity index (χ2v) is 6.55. The Morgan fingerprint density at radius 2 is 1.32 bits per heavy atom. The number of benzene rings is 2. The summed E-state index contributed by atoms with van der Waals surface area (Å²) in [5, 5.41) is 9.54. The minimum absolute atomic E-state index is 0.00430. The Morgan fingerprint density at radius 3 is 1.72 bits per heavy atom. The van der Waals surface area contributed by atoms with Gasteiger partial charge in [-0.2, -0.15) is 0 Å². The van der Waals surface area contributed by atoms with Gasteiger partial charge in [-0.1, -0.05) is 60.7 Å². The van der Waals surface area contributed by atoms with E-state index in [4.69, 9.17) is 0 Å². The van der Waals surface area contributed by atoms with Gasteiger partial charge in [0.15, 0.2) is 0 Å². The minimum Gasteiger partial charge on any atom is -0.395 e. The number of hydrogen-bond acceptors (Lipinski definition) is 3. The summed E-state index contributed by atoms with van der Waals surface area (Å²) in [7, 11) is 0. The molecule has 0 aromatic heterocycles. The van der Waals surface area contributed by atoms with E-state index >= 15 is 0 Å². The lowest BCUT2D eigenvalue weighted by atomic mass is 10.2. The highest BCUT2D eigenvalue weighted by Crippen LogP contribution is 2.18. The van der Waals surface area contributed by atoms with Crippen LogP contribution in [-0.4, -0.2) is 51.8 Å². The number of carbonyl (C=O) groups is 1. The third-order valence-corrected chi connectivity index (χ3v) is 4.57. The zero-order valence-corrected chi connectivity index (χ0v) is 14.6. The average Bonchev–Trinajstić information content (AvgIpc) is 2.66. The van der Waals surface area contributed by atoms with Crippen molar-refractivity contribution in [2.24, 2.45) is 0 Å². The molecule has 5 heteroatoms. The topological polar surface area (TPSA) is 47.0 Å². The van der Waals surface area contributed by atoms with E-state index in [9.17, 15) is 9.90 Å². The van der Waals surface area contributed by atoms with Crippen LogP contribution in [0.25, 0.3) is 0 Å². The molecule has 132 valence electrons. The molecule has 0 bridgehead atoms. The van der Waals surface area contributed by atoms with Crippen LogP contribution in [0.2, 0.25) is 0 Å². The van der Waals surface area contributed by atoms with E-state index in [2.05, 4.69) is 4.90 Å². The molecular weight excluding hydrogens is 314 g/mol. The third-order valence-electron chi connectivity index (χ3n) is 4.57. The van der Waals surface area contributed by atoms with Gasteiger partial charge in [0.05, 0.1) is 19.9 Å². The molecule has 1 fully saturated rings. The van der Waals surface area contributed by atoms with Crippen LogP contribution in [0.3, 0.4) is 0 Å². The molecule has 1 aliphatic rings. The van der Waals surface area contributed by atoms with Crippen molar-refractivity contribution in [1.29, 1.82) is 0 Å². The van der Waals surface area contributed by atoms with Crippen LogP contribution in [-0.2, 0) is 13.1 Å². The Morgan fingerprint density at radius 1 is 0.880 bits per heavy atom. The fourth-order valence-electron chi connectivity index (χ4n) is 3.04. The largest absolute Gasteiger partial charge is 0.395 e. The molecule has 0 unspecified atom stereocenters. The number of amides is 2. The molecule has 5 nitrogen and oxygen atoms in total. The van der Waals surface area contributed by atoms with Gasteiger partial charge in [0, 0.05) is 19.1 Å². The predicted molar refractivity (Wildman–Crippen MR) is 97.5 cm³/mol. The van der Waals surface area contributed by atoms with Gasteiger partial charge in [-0.25, -0.2) is 4.79 Å². The Labute approximate surface area is 149 Å².